The summed E-state index contributed by atoms with van der Waals surface area (Å²) < 4.78 is 26.3. The molecule has 1 heterocycles. The lowest BCUT2D eigenvalue weighted by molar-refractivity contribution is 0.0927. The van der Waals surface area contributed by atoms with E-state index in [4.69, 9.17) is 0 Å². The van der Waals surface area contributed by atoms with Gasteiger partial charge >= 0.3 is 0 Å². The van der Waals surface area contributed by atoms with E-state index >= 15 is 0 Å². The van der Waals surface area contributed by atoms with Gasteiger partial charge in [0, 0.05) is 37.7 Å². The second-order valence-electron chi connectivity index (χ2n) is 5.22. The van der Waals surface area contributed by atoms with E-state index in [-0.39, 0.29) is 28.8 Å². The molecule has 7 nitrogen and oxygen atoms in total. The second kappa shape index (κ2) is 7.19. The number of benzene rings is 1. The Hall–Kier alpha value is -1.48. The molecule has 1 saturated heterocycles. The summed E-state index contributed by atoms with van der Waals surface area (Å²) in [6.07, 6.45) is -0.472. The lowest BCUT2D eigenvalue weighted by atomic mass is 10.1. The molecule has 1 aliphatic rings. The summed E-state index contributed by atoms with van der Waals surface area (Å²) >= 11 is 0. The number of sulfonamides is 1. The number of nitrogens with one attached hydrogen (secondary N) is 3. The molecule has 8 heteroatoms. The number of hydrogen-bond acceptors (Lipinski definition) is 5. The monoisotopic (exact) mass is 327 g/mol. The number of aliphatic hydroxyl groups excluding tert-OH is 1. The first-order valence-electron chi connectivity index (χ1n) is 7.20. The van der Waals surface area contributed by atoms with Crippen molar-refractivity contribution in [3.63, 3.8) is 0 Å². The molecular weight excluding hydrogens is 306 g/mol. The maximum Gasteiger partial charge on any atom is 0.251 e. The largest absolute Gasteiger partial charge is 0.391 e. The molecule has 1 aliphatic heterocycles. The molecule has 22 heavy (non-hydrogen) atoms. The Morgan fingerprint density at radius 3 is 2.82 bits per heavy atom. The molecule has 0 aliphatic carbocycles. The van der Waals surface area contributed by atoms with Crippen LogP contribution in [0.5, 0.6) is 0 Å². The Bertz CT molecular complexity index is 633. The van der Waals surface area contributed by atoms with Crippen LogP contribution in [-0.4, -0.2) is 51.7 Å². The first-order chi connectivity index (χ1) is 10.4. The summed E-state index contributed by atoms with van der Waals surface area (Å²) in [4.78, 5) is 12.2. The minimum Gasteiger partial charge on any atom is -0.391 e. The third-order valence-electron chi connectivity index (χ3n) is 3.57. The molecule has 1 aromatic rings. The lowest BCUT2D eigenvalue weighted by Gasteiger charge is -2.14. The molecule has 0 bridgehead atoms. The molecule has 1 amide bonds. The van der Waals surface area contributed by atoms with Crippen molar-refractivity contribution in [2.75, 3.05) is 26.2 Å². The van der Waals surface area contributed by atoms with Gasteiger partial charge < -0.3 is 15.7 Å². The zero-order valence-electron chi connectivity index (χ0n) is 12.4. The fourth-order valence-electron chi connectivity index (χ4n) is 2.33. The average Bonchev–Trinajstić information content (AvgIpc) is 2.90. The predicted molar refractivity (Wildman–Crippen MR) is 82.0 cm³/mol. The van der Waals surface area contributed by atoms with Gasteiger partial charge in [0.15, 0.2) is 0 Å². The highest BCUT2D eigenvalue weighted by atomic mass is 32.2. The van der Waals surface area contributed by atoms with Crippen molar-refractivity contribution in [1.29, 1.82) is 0 Å². The van der Waals surface area contributed by atoms with E-state index in [2.05, 4.69) is 15.4 Å². The average molecular weight is 327 g/mol. The Labute approximate surface area is 130 Å². The van der Waals surface area contributed by atoms with Crippen molar-refractivity contribution in [3.05, 3.63) is 29.8 Å². The SMILES string of the molecule is CCNS(=O)(=O)c1cccc(C(=O)NCC2CNCC2O)c1. The molecule has 0 aromatic heterocycles. The number of β-amino-alcohol motifs (C(OH)–C–C–N with tert-alkyl or cyclic N) is 1. The zero-order valence-corrected chi connectivity index (χ0v) is 13.2. The molecule has 0 radical (unpaired) electrons. The highest BCUT2D eigenvalue weighted by Gasteiger charge is 2.25. The zero-order chi connectivity index (χ0) is 16.2. The first-order valence-corrected chi connectivity index (χ1v) is 8.69. The Balaban J connectivity index is 2.04. The van der Waals surface area contributed by atoms with Gasteiger partial charge in [-0.15, -0.1) is 0 Å². The number of aliphatic hydroxyl groups is 1. The third kappa shape index (κ3) is 4.04. The predicted octanol–water partition coefficient (Wildman–Crippen LogP) is -0.705. The maximum absolute atomic E-state index is 12.1. The van der Waals surface area contributed by atoms with E-state index < -0.39 is 16.1 Å². The molecule has 1 aromatic carbocycles. The van der Waals surface area contributed by atoms with Crippen LogP contribution in [0.3, 0.4) is 0 Å². The lowest BCUT2D eigenvalue weighted by Crippen LogP contribution is -2.34. The van der Waals surface area contributed by atoms with Gasteiger partial charge in [0.1, 0.15) is 0 Å². The fourth-order valence-corrected chi connectivity index (χ4v) is 3.42. The Kier molecular flexibility index (Phi) is 5.52. The van der Waals surface area contributed by atoms with Crippen molar-refractivity contribution in [1.82, 2.24) is 15.4 Å². The smallest absolute Gasteiger partial charge is 0.251 e. The van der Waals surface area contributed by atoms with E-state index in [0.717, 1.165) is 0 Å². The van der Waals surface area contributed by atoms with Crippen LogP contribution in [0.25, 0.3) is 0 Å². The van der Waals surface area contributed by atoms with Crippen molar-refractivity contribution >= 4 is 15.9 Å². The number of rotatable bonds is 6. The van der Waals surface area contributed by atoms with Gasteiger partial charge in [-0.2, -0.15) is 0 Å². The minimum absolute atomic E-state index is 0.0300. The van der Waals surface area contributed by atoms with E-state index in [1.54, 1.807) is 13.0 Å². The van der Waals surface area contributed by atoms with Crippen LogP contribution in [0.1, 0.15) is 17.3 Å². The maximum atomic E-state index is 12.1. The van der Waals surface area contributed by atoms with Gasteiger partial charge in [0.05, 0.1) is 11.0 Å². The van der Waals surface area contributed by atoms with Crippen LogP contribution < -0.4 is 15.4 Å². The van der Waals surface area contributed by atoms with E-state index in [9.17, 15) is 18.3 Å². The molecule has 0 saturated carbocycles. The number of carbonyl (C=O) groups excluding carboxylic acids is 1. The van der Waals surface area contributed by atoms with Gasteiger partial charge in [0.2, 0.25) is 10.0 Å². The van der Waals surface area contributed by atoms with E-state index in [1.165, 1.54) is 18.2 Å². The highest BCUT2D eigenvalue weighted by molar-refractivity contribution is 7.89. The van der Waals surface area contributed by atoms with Gasteiger partial charge in [0.25, 0.3) is 5.91 Å². The number of hydrogen-bond donors (Lipinski definition) is 4. The van der Waals surface area contributed by atoms with E-state index in [1.807, 2.05) is 0 Å². The van der Waals surface area contributed by atoms with Crippen molar-refractivity contribution in [2.24, 2.45) is 5.92 Å². The number of carbonyl (C=O) groups is 1. The van der Waals surface area contributed by atoms with Crippen molar-refractivity contribution < 1.29 is 18.3 Å². The molecular formula is C14H21N3O4S. The van der Waals surface area contributed by atoms with Crippen LogP contribution in [0.15, 0.2) is 29.2 Å². The van der Waals surface area contributed by atoms with Crippen LogP contribution in [0.4, 0.5) is 0 Å². The Morgan fingerprint density at radius 1 is 1.41 bits per heavy atom. The highest BCUT2D eigenvalue weighted by Crippen LogP contribution is 2.12. The van der Waals surface area contributed by atoms with Crippen LogP contribution in [0, 0.1) is 5.92 Å². The van der Waals surface area contributed by atoms with Gasteiger partial charge in [-0.05, 0) is 18.2 Å². The topological polar surface area (TPSA) is 108 Å². The molecule has 1 fully saturated rings. The van der Waals surface area contributed by atoms with Gasteiger partial charge in [-0.3, -0.25) is 4.79 Å². The summed E-state index contributed by atoms with van der Waals surface area (Å²) in [7, 11) is -3.59. The van der Waals surface area contributed by atoms with E-state index in [0.29, 0.717) is 19.6 Å². The molecule has 122 valence electrons. The summed E-state index contributed by atoms with van der Waals surface area (Å²) in [5.41, 5.74) is 0.277. The standard InChI is InChI=1S/C14H21N3O4S/c1-2-17-22(20,21)12-5-3-4-10(6-12)14(19)16-8-11-7-15-9-13(11)18/h3-6,11,13,15,17-18H,2,7-9H2,1H3,(H,16,19). The van der Waals surface area contributed by atoms with Crippen LogP contribution >= 0.6 is 0 Å². The van der Waals surface area contributed by atoms with Gasteiger partial charge in [-0.25, -0.2) is 13.1 Å². The van der Waals surface area contributed by atoms with Crippen molar-refractivity contribution in [2.45, 2.75) is 17.9 Å². The molecule has 2 unspecified atom stereocenters. The van der Waals surface area contributed by atoms with Gasteiger partial charge in [-0.1, -0.05) is 13.0 Å². The van der Waals surface area contributed by atoms with Crippen molar-refractivity contribution in [3.8, 4) is 0 Å². The second-order valence-corrected chi connectivity index (χ2v) is 6.99. The summed E-state index contributed by atoms with van der Waals surface area (Å²) in [5.74, 6) is -0.384. The molecule has 0 spiro atoms. The minimum atomic E-state index is -3.59. The molecule has 2 atom stereocenters. The normalized spacial score (nSPS) is 21.7. The quantitative estimate of drug-likeness (QED) is 0.552. The van der Waals surface area contributed by atoms with Crippen LogP contribution in [0.2, 0.25) is 0 Å². The fraction of sp³-hybridized carbons (Fsp3) is 0.500. The molecule has 2 rings (SSSR count). The Morgan fingerprint density at radius 2 is 2.18 bits per heavy atom. The molecule has 4 N–H and O–H groups in total. The summed E-state index contributed by atoms with van der Waals surface area (Å²) in [6.45, 7) is 3.49. The number of amides is 1. The third-order valence-corrected chi connectivity index (χ3v) is 5.11. The van der Waals surface area contributed by atoms with Crippen LogP contribution in [-0.2, 0) is 10.0 Å². The summed E-state index contributed by atoms with van der Waals surface area (Å²) in [6, 6.07) is 5.88. The first kappa shape index (κ1) is 16.9. The summed E-state index contributed by atoms with van der Waals surface area (Å²) in [5, 5.41) is 15.4.